The van der Waals surface area contributed by atoms with Crippen LogP contribution in [0, 0.1) is 5.92 Å². The molecule has 3 atom stereocenters. The van der Waals surface area contributed by atoms with E-state index in [4.69, 9.17) is 14.2 Å². The van der Waals surface area contributed by atoms with E-state index < -0.39 is 29.9 Å². The Morgan fingerprint density at radius 1 is 1.03 bits per heavy atom. The number of benzene rings is 1. The van der Waals surface area contributed by atoms with Crippen LogP contribution in [-0.2, 0) is 23.8 Å². The topological polar surface area (TPSA) is 87.1 Å². The van der Waals surface area contributed by atoms with Gasteiger partial charge in [0.25, 0.3) is 0 Å². The molecule has 29 heavy (non-hydrogen) atoms. The van der Waals surface area contributed by atoms with Crippen LogP contribution < -0.4 is 0 Å². The van der Waals surface area contributed by atoms with Gasteiger partial charge in [-0.3, -0.25) is 4.79 Å². The number of hydrogen-bond acceptors (Lipinski definition) is 7. The van der Waals surface area contributed by atoms with Crippen LogP contribution in [0.4, 0.5) is 4.79 Å². The van der Waals surface area contributed by atoms with Gasteiger partial charge in [0.15, 0.2) is 0 Å². The number of carbonyl (C=O) groups is 3. The van der Waals surface area contributed by atoms with Crippen molar-refractivity contribution in [1.29, 1.82) is 0 Å². The maximum atomic E-state index is 12.9. The summed E-state index contributed by atoms with van der Waals surface area (Å²) in [5, 5.41) is 0.868. The van der Waals surface area contributed by atoms with Gasteiger partial charge in [-0.1, -0.05) is 18.2 Å². The van der Waals surface area contributed by atoms with Crippen LogP contribution >= 0.6 is 0 Å². The molecule has 152 valence electrons. The van der Waals surface area contributed by atoms with Gasteiger partial charge in [0.1, 0.15) is 5.92 Å². The second-order valence-electron chi connectivity index (χ2n) is 7.22. The van der Waals surface area contributed by atoms with Crippen LogP contribution in [0.5, 0.6) is 0 Å². The molecule has 0 saturated carbocycles. The predicted octanol–water partition coefficient (Wildman–Crippen LogP) is 2.58. The average Bonchev–Trinajstić information content (AvgIpc) is 3.09. The number of esters is 2. The van der Waals surface area contributed by atoms with Crippen LogP contribution in [0.2, 0.25) is 0 Å². The fourth-order valence-corrected chi connectivity index (χ4v) is 4.72. The summed E-state index contributed by atoms with van der Waals surface area (Å²) < 4.78 is 16.5. The summed E-state index contributed by atoms with van der Waals surface area (Å²) in [5.41, 5.74) is 2.42. The fourth-order valence-electron chi connectivity index (χ4n) is 4.72. The number of carbonyl (C=O) groups excluding carboxylic acids is 3. The lowest BCUT2D eigenvalue weighted by Crippen LogP contribution is -2.42. The summed E-state index contributed by atoms with van der Waals surface area (Å²) in [4.78, 5) is 40.1. The monoisotopic (exact) mass is 398 g/mol. The Hall–Kier alpha value is -3.29. The molecule has 0 spiro atoms. The van der Waals surface area contributed by atoms with E-state index in [1.165, 1.54) is 25.9 Å². The van der Waals surface area contributed by atoms with Crippen molar-refractivity contribution in [3.63, 3.8) is 0 Å². The SMILES string of the molecule is COC(=O)C1=CN(C)[C@H]2C[C@@H]1[C@H](C(=O)OC)c1c2c2ccccc2n1C(=O)OC. The molecule has 8 nitrogen and oxygen atoms in total. The molecule has 2 bridgehead atoms. The van der Waals surface area contributed by atoms with Crippen LogP contribution in [-0.4, -0.2) is 55.9 Å². The van der Waals surface area contributed by atoms with Crippen LogP contribution in [0.1, 0.15) is 29.6 Å². The number of rotatable bonds is 2. The van der Waals surface area contributed by atoms with Gasteiger partial charge in [0, 0.05) is 30.1 Å². The fraction of sp³-hybridized carbons (Fsp3) is 0.381. The summed E-state index contributed by atoms with van der Waals surface area (Å²) >= 11 is 0. The first-order valence-electron chi connectivity index (χ1n) is 9.25. The lowest BCUT2D eigenvalue weighted by Gasteiger charge is -2.43. The van der Waals surface area contributed by atoms with E-state index in [0.29, 0.717) is 23.2 Å². The summed E-state index contributed by atoms with van der Waals surface area (Å²) in [6.45, 7) is 0. The normalized spacial score (nSPS) is 22.6. The van der Waals surface area contributed by atoms with E-state index in [9.17, 15) is 14.4 Å². The third-order valence-corrected chi connectivity index (χ3v) is 5.93. The van der Waals surface area contributed by atoms with E-state index >= 15 is 0 Å². The van der Waals surface area contributed by atoms with E-state index in [1.54, 1.807) is 6.20 Å². The first-order valence-corrected chi connectivity index (χ1v) is 9.25. The molecule has 0 N–H and O–H groups in total. The Balaban J connectivity index is 2.07. The molecule has 2 aromatic rings. The van der Waals surface area contributed by atoms with Gasteiger partial charge < -0.3 is 19.1 Å². The van der Waals surface area contributed by atoms with Crippen LogP contribution in [0.3, 0.4) is 0 Å². The van der Waals surface area contributed by atoms with Crippen molar-refractivity contribution in [2.45, 2.75) is 18.4 Å². The second kappa shape index (κ2) is 6.95. The van der Waals surface area contributed by atoms with Crippen molar-refractivity contribution in [3.05, 3.63) is 47.3 Å². The molecule has 1 aliphatic carbocycles. The highest BCUT2D eigenvalue weighted by molar-refractivity contribution is 5.98. The maximum absolute atomic E-state index is 12.9. The third-order valence-electron chi connectivity index (χ3n) is 5.93. The Labute approximate surface area is 167 Å². The Kier molecular flexibility index (Phi) is 4.56. The lowest BCUT2D eigenvalue weighted by atomic mass is 9.70. The second-order valence-corrected chi connectivity index (χ2v) is 7.22. The zero-order valence-electron chi connectivity index (χ0n) is 16.7. The van der Waals surface area contributed by atoms with Crippen molar-refractivity contribution in [2.24, 2.45) is 5.92 Å². The number of aromatic nitrogens is 1. The Morgan fingerprint density at radius 3 is 2.41 bits per heavy atom. The van der Waals surface area contributed by atoms with Crippen LogP contribution in [0.15, 0.2) is 36.0 Å². The highest BCUT2D eigenvalue weighted by Crippen LogP contribution is 2.53. The van der Waals surface area contributed by atoms with E-state index in [1.807, 2.05) is 36.2 Å². The summed E-state index contributed by atoms with van der Waals surface area (Å²) in [6.07, 6.45) is 1.66. The third kappa shape index (κ3) is 2.62. The van der Waals surface area contributed by atoms with Crippen molar-refractivity contribution in [2.75, 3.05) is 28.4 Å². The Bertz CT molecular complexity index is 1050. The molecule has 0 amide bonds. The number of hydrogen-bond donors (Lipinski definition) is 0. The standard InChI is InChI=1S/C21H22N2O6/c1-22-10-13(19(24)27-2)12-9-15(22)16-11-7-5-6-8-14(11)23(21(26)29-4)18(16)17(12)20(25)28-3/h5-8,10,12,15,17H,9H2,1-4H3/t12-,15-,17-/m0/s1. The maximum Gasteiger partial charge on any atom is 0.418 e. The first kappa shape index (κ1) is 19.0. The van der Waals surface area contributed by atoms with Gasteiger partial charge in [-0.25, -0.2) is 14.2 Å². The number of methoxy groups -OCH3 is 3. The smallest absolute Gasteiger partial charge is 0.418 e. The molecule has 0 radical (unpaired) electrons. The number of ether oxygens (including phenoxy) is 3. The molecule has 2 aliphatic rings. The number of nitrogens with zero attached hydrogens (tertiary/aromatic N) is 2. The molecule has 0 unspecified atom stereocenters. The van der Waals surface area contributed by atoms with E-state index in [-0.39, 0.29) is 6.04 Å². The van der Waals surface area contributed by atoms with Crippen molar-refractivity contribution in [1.82, 2.24) is 9.47 Å². The van der Waals surface area contributed by atoms with Crippen molar-refractivity contribution < 1.29 is 28.6 Å². The average molecular weight is 398 g/mol. The highest BCUT2D eigenvalue weighted by Gasteiger charge is 2.50. The molecule has 0 fully saturated rings. The minimum atomic E-state index is -0.836. The molecule has 1 aromatic heterocycles. The summed E-state index contributed by atoms with van der Waals surface area (Å²) in [5.74, 6) is -2.33. The first-order chi connectivity index (χ1) is 13.9. The number of fused-ring (bicyclic) bond motifs is 6. The van der Waals surface area contributed by atoms with E-state index in [0.717, 1.165) is 10.9 Å². The highest BCUT2D eigenvalue weighted by atomic mass is 16.5. The van der Waals surface area contributed by atoms with Crippen LogP contribution in [0.25, 0.3) is 10.9 Å². The predicted molar refractivity (Wildman–Crippen MR) is 103 cm³/mol. The molecule has 1 aromatic carbocycles. The quantitative estimate of drug-likeness (QED) is 0.568. The zero-order valence-corrected chi connectivity index (χ0v) is 16.7. The van der Waals surface area contributed by atoms with Crippen molar-refractivity contribution in [3.8, 4) is 0 Å². The molecular weight excluding hydrogens is 376 g/mol. The minimum Gasteiger partial charge on any atom is -0.468 e. The molecule has 4 rings (SSSR count). The summed E-state index contributed by atoms with van der Waals surface area (Å²) in [6, 6.07) is 7.35. The van der Waals surface area contributed by atoms with Gasteiger partial charge in [-0.05, 0) is 12.5 Å². The van der Waals surface area contributed by atoms with Gasteiger partial charge in [0.2, 0.25) is 0 Å². The molecule has 0 saturated heterocycles. The molecule has 2 heterocycles. The lowest BCUT2D eigenvalue weighted by molar-refractivity contribution is -0.145. The van der Waals surface area contributed by atoms with E-state index in [2.05, 4.69) is 0 Å². The van der Waals surface area contributed by atoms with Gasteiger partial charge in [0.05, 0.1) is 44.2 Å². The minimum absolute atomic E-state index is 0.111. The van der Waals surface area contributed by atoms with Gasteiger partial charge in [-0.2, -0.15) is 0 Å². The molecule has 8 heteroatoms. The number of para-hydroxylation sites is 1. The van der Waals surface area contributed by atoms with Gasteiger partial charge in [-0.15, -0.1) is 0 Å². The molecule has 1 aliphatic heterocycles. The Morgan fingerprint density at radius 2 is 1.76 bits per heavy atom. The summed E-state index contributed by atoms with van der Waals surface area (Å²) in [7, 11) is 5.78. The zero-order chi connectivity index (χ0) is 20.9. The largest absolute Gasteiger partial charge is 0.468 e. The molecular formula is C21H22N2O6. The van der Waals surface area contributed by atoms with Crippen molar-refractivity contribution >= 4 is 28.9 Å². The van der Waals surface area contributed by atoms with Gasteiger partial charge >= 0.3 is 18.0 Å².